The van der Waals surface area contributed by atoms with Crippen LogP contribution in [0.5, 0.6) is 0 Å². The number of halogens is 4. The van der Waals surface area contributed by atoms with Gasteiger partial charge in [0.1, 0.15) is 5.67 Å². The van der Waals surface area contributed by atoms with E-state index >= 15 is 0 Å². The van der Waals surface area contributed by atoms with Crippen LogP contribution in [0.2, 0.25) is 0 Å². The minimum Gasteiger partial charge on any atom is -0.268 e. The van der Waals surface area contributed by atoms with Gasteiger partial charge in [-0.2, -0.15) is 29.6 Å². The number of aryl methyl sites for hydroxylation is 2. The third-order valence-electron chi connectivity index (χ3n) is 4.41. The number of aromatic nitrogens is 2. The highest BCUT2D eigenvalue weighted by Crippen LogP contribution is 2.48. The van der Waals surface area contributed by atoms with Crippen molar-refractivity contribution in [2.75, 3.05) is 0 Å². The van der Waals surface area contributed by atoms with Crippen LogP contribution >= 0.6 is 11.3 Å². The van der Waals surface area contributed by atoms with Gasteiger partial charge < -0.3 is 0 Å². The maximum atomic E-state index is 14.5. The molecular formula is C15H16F4N2S. The van der Waals surface area contributed by atoms with Crippen LogP contribution in [0.3, 0.4) is 0 Å². The molecule has 0 bridgehead atoms. The van der Waals surface area contributed by atoms with Crippen LogP contribution in [0, 0.1) is 0 Å². The van der Waals surface area contributed by atoms with E-state index in [1.54, 1.807) is 11.3 Å². The summed E-state index contributed by atoms with van der Waals surface area (Å²) in [4.78, 5) is 0. The molecule has 0 spiro atoms. The van der Waals surface area contributed by atoms with E-state index in [-0.39, 0.29) is 12.0 Å². The van der Waals surface area contributed by atoms with Gasteiger partial charge in [-0.15, -0.1) is 0 Å². The van der Waals surface area contributed by atoms with Gasteiger partial charge in [-0.25, -0.2) is 4.39 Å². The van der Waals surface area contributed by atoms with Crippen molar-refractivity contribution in [1.29, 1.82) is 0 Å². The van der Waals surface area contributed by atoms with Crippen molar-refractivity contribution in [3.05, 3.63) is 39.3 Å². The molecule has 0 aromatic carbocycles. The highest BCUT2D eigenvalue weighted by molar-refractivity contribution is 7.07. The lowest BCUT2D eigenvalue weighted by atomic mass is 9.92. The van der Waals surface area contributed by atoms with Gasteiger partial charge in [0.05, 0.1) is 0 Å². The summed E-state index contributed by atoms with van der Waals surface area (Å²) in [6, 6.07) is 1.93. The SMILES string of the molecule is C[C@H]1c2c(C(F)(F)F)nn(CCc3ccsc3)c2CC1(C)F. The Morgan fingerprint density at radius 1 is 1.45 bits per heavy atom. The molecular weight excluding hydrogens is 316 g/mol. The van der Waals surface area contributed by atoms with Crippen molar-refractivity contribution >= 4 is 11.3 Å². The number of hydrogen-bond donors (Lipinski definition) is 0. The first-order valence-electron chi connectivity index (χ1n) is 7.07. The molecule has 2 aromatic rings. The number of fused-ring (bicyclic) bond motifs is 1. The number of hydrogen-bond acceptors (Lipinski definition) is 2. The summed E-state index contributed by atoms with van der Waals surface area (Å²) in [6.45, 7) is 3.20. The van der Waals surface area contributed by atoms with Crippen LogP contribution in [-0.4, -0.2) is 15.4 Å². The quantitative estimate of drug-likeness (QED) is 0.752. The highest BCUT2D eigenvalue weighted by atomic mass is 32.1. The first kappa shape index (κ1) is 15.5. The van der Waals surface area contributed by atoms with Crippen LogP contribution in [0.15, 0.2) is 16.8 Å². The Bertz CT molecular complexity index is 671. The predicted molar refractivity (Wildman–Crippen MR) is 76.9 cm³/mol. The Kier molecular flexibility index (Phi) is 3.58. The summed E-state index contributed by atoms with van der Waals surface area (Å²) < 4.78 is 55.4. The van der Waals surface area contributed by atoms with Gasteiger partial charge >= 0.3 is 6.18 Å². The van der Waals surface area contributed by atoms with E-state index in [1.807, 2.05) is 16.8 Å². The van der Waals surface area contributed by atoms with Crippen molar-refractivity contribution in [2.45, 2.75) is 51.0 Å². The van der Waals surface area contributed by atoms with E-state index < -0.39 is 23.5 Å². The first-order chi connectivity index (χ1) is 10.2. The number of rotatable bonds is 3. The zero-order valence-corrected chi connectivity index (χ0v) is 13.1. The van der Waals surface area contributed by atoms with Crippen LogP contribution < -0.4 is 0 Å². The van der Waals surface area contributed by atoms with E-state index in [0.717, 1.165) is 5.56 Å². The molecule has 1 aliphatic carbocycles. The molecule has 0 saturated heterocycles. The fourth-order valence-corrected chi connectivity index (χ4v) is 3.70. The second-order valence-corrected chi connectivity index (χ2v) is 6.77. The number of alkyl halides is 4. The van der Waals surface area contributed by atoms with Crippen molar-refractivity contribution < 1.29 is 17.6 Å². The Labute approximate surface area is 129 Å². The van der Waals surface area contributed by atoms with Crippen LogP contribution in [0.25, 0.3) is 0 Å². The monoisotopic (exact) mass is 332 g/mol. The molecule has 120 valence electrons. The topological polar surface area (TPSA) is 17.8 Å². The van der Waals surface area contributed by atoms with Gasteiger partial charge in [-0.1, -0.05) is 6.92 Å². The average Bonchev–Trinajstić information content (AvgIpc) is 3.06. The molecule has 0 fully saturated rings. The van der Waals surface area contributed by atoms with Gasteiger partial charge in [-0.3, -0.25) is 4.68 Å². The summed E-state index contributed by atoms with van der Waals surface area (Å²) in [5.41, 5.74) is -1.11. The number of thiophene rings is 1. The minimum atomic E-state index is -4.55. The van der Waals surface area contributed by atoms with Crippen LogP contribution in [-0.2, 0) is 25.6 Å². The van der Waals surface area contributed by atoms with E-state index in [9.17, 15) is 17.6 Å². The molecule has 2 atom stereocenters. The largest absolute Gasteiger partial charge is 0.435 e. The summed E-state index contributed by atoms with van der Waals surface area (Å²) >= 11 is 1.54. The minimum absolute atomic E-state index is 0.0176. The summed E-state index contributed by atoms with van der Waals surface area (Å²) in [5, 5.41) is 7.62. The van der Waals surface area contributed by atoms with Gasteiger partial charge in [0.2, 0.25) is 0 Å². The summed E-state index contributed by atoms with van der Waals surface area (Å²) in [7, 11) is 0. The molecule has 2 aromatic heterocycles. The maximum absolute atomic E-state index is 14.5. The zero-order chi connectivity index (χ0) is 16.1. The smallest absolute Gasteiger partial charge is 0.268 e. The maximum Gasteiger partial charge on any atom is 0.435 e. The lowest BCUT2D eigenvalue weighted by Gasteiger charge is -2.20. The van der Waals surface area contributed by atoms with Crippen LogP contribution in [0.1, 0.15) is 42.3 Å². The molecule has 0 amide bonds. The van der Waals surface area contributed by atoms with Crippen LogP contribution in [0.4, 0.5) is 17.6 Å². The predicted octanol–water partition coefficient (Wildman–Crippen LogP) is 4.59. The molecule has 0 saturated carbocycles. The first-order valence-corrected chi connectivity index (χ1v) is 8.01. The highest BCUT2D eigenvalue weighted by Gasteiger charge is 2.50. The van der Waals surface area contributed by atoms with Crippen molar-refractivity contribution in [3.8, 4) is 0 Å². The Balaban J connectivity index is 1.97. The standard InChI is InChI=1S/C15H16F4N2S/c1-9-12-11(7-14(9,2)16)21(20-13(12)15(17,18)19)5-3-10-4-6-22-8-10/h4,6,8-9H,3,5,7H2,1-2H3/t9-,14?/m0/s1. The molecule has 2 nitrogen and oxygen atoms in total. The molecule has 3 rings (SSSR count). The zero-order valence-electron chi connectivity index (χ0n) is 12.2. The molecule has 0 aliphatic heterocycles. The molecule has 2 heterocycles. The van der Waals surface area contributed by atoms with Crippen molar-refractivity contribution in [2.24, 2.45) is 0 Å². The normalized spacial score (nSPS) is 24.7. The molecule has 7 heteroatoms. The molecule has 0 N–H and O–H groups in total. The molecule has 22 heavy (non-hydrogen) atoms. The Morgan fingerprint density at radius 3 is 2.77 bits per heavy atom. The van der Waals surface area contributed by atoms with Crippen molar-refractivity contribution in [1.82, 2.24) is 9.78 Å². The second kappa shape index (κ2) is 5.08. The van der Waals surface area contributed by atoms with Gasteiger partial charge in [-0.05, 0) is 35.7 Å². The average molecular weight is 332 g/mol. The van der Waals surface area contributed by atoms with Crippen molar-refractivity contribution in [3.63, 3.8) is 0 Å². The fourth-order valence-electron chi connectivity index (χ4n) is 3.00. The Morgan fingerprint density at radius 2 is 2.18 bits per heavy atom. The van der Waals surface area contributed by atoms with E-state index in [0.29, 0.717) is 18.7 Å². The fraction of sp³-hybridized carbons (Fsp3) is 0.533. The molecule has 0 radical (unpaired) electrons. The third-order valence-corrected chi connectivity index (χ3v) is 5.14. The van der Waals surface area contributed by atoms with Gasteiger partial charge in [0.15, 0.2) is 5.69 Å². The third kappa shape index (κ3) is 2.55. The van der Waals surface area contributed by atoms with E-state index in [1.165, 1.54) is 18.5 Å². The Hall–Kier alpha value is -1.37. The van der Waals surface area contributed by atoms with Gasteiger partial charge in [0, 0.05) is 30.1 Å². The van der Waals surface area contributed by atoms with E-state index in [4.69, 9.17) is 0 Å². The lowest BCUT2D eigenvalue weighted by Crippen LogP contribution is -2.25. The molecule has 1 unspecified atom stereocenters. The van der Waals surface area contributed by atoms with E-state index in [2.05, 4.69) is 5.10 Å². The van der Waals surface area contributed by atoms with Gasteiger partial charge in [0.25, 0.3) is 0 Å². The lowest BCUT2D eigenvalue weighted by molar-refractivity contribution is -0.142. The summed E-state index contributed by atoms with van der Waals surface area (Å²) in [6.07, 6.45) is -3.98. The second-order valence-electron chi connectivity index (χ2n) is 5.99. The summed E-state index contributed by atoms with van der Waals surface area (Å²) in [5.74, 6) is -0.797. The molecule has 1 aliphatic rings. The number of nitrogens with zero attached hydrogens (tertiary/aromatic N) is 2.